The van der Waals surface area contributed by atoms with Crippen LogP contribution in [0, 0.1) is 0 Å². The van der Waals surface area contributed by atoms with E-state index in [2.05, 4.69) is 15.6 Å². The monoisotopic (exact) mass is 390 g/mol. The maximum atomic E-state index is 12.2. The topological polar surface area (TPSA) is 106 Å². The summed E-state index contributed by atoms with van der Waals surface area (Å²) in [7, 11) is 0. The van der Waals surface area contributed by atoms with Crippen molar-refractivity contribution in [3.05, 3.63) is 89.6 Å². The van der Waals surface area contributed by atoms with Crippen LogP contribution in [-0.4, -0.2) is 16.9 Å². The minimum Gasteiger partial charge on any atom is -0.473 e. The van der Waals surface area contributed by atoms with Crippen molar-refractivity contribution in [3.8, 4) is 5.88 Å². The number of carbonyl (C=O) groups is 2. The fraction of sp³-hybridized carbons (Fsp3) is 0.136. The summed E-state index contributed by atoms with van der Waals surface area (Å²) in [6.07, 6.45) is 1.69. The minimum atomic E-state index is -0.459. The van der Waals surface area contributed by atoms with E-state index in [4.69, 9.17) is 10.5 Å². The maximum absolute atomic E-state index is 12.2. The second-order valence-corrected chi connectivity index (χ2v) is 6.38. The van der Waals surface area contributed by atoms with E-state index in [-0.39, 0.29) is 12.5 Å². The molecule has 0 radical (unpaired) electrons. The molecule has 3 rings (SSSR count). The fourth-order valence-corrected chi connectivity index (χ4v) is 2.70. The molecule has 0 aliphatic rings. The highest BCUT2D eigenvalue weighted by Gasteiger charge is 2.08. The van der Waals surface area contributed by atoms with Gasteiger partial charge in [-0.2, -0.15) is 0 Å². The Bertz CT molecular complexity index is 977. The molecule has 1 heterocycles. The van der Waals surface area contributed by atoms with Gasteiger partial charge in [0.05, 0.1) is 6.42 Å². The number of urea groups is 1. The Kier molecular flexibility index (Phi) is 6.78. The molecule has 7 heteroatoms. The number of anilines is 1. The summed E-state index contributed by atoms with van der Waals surface area (Å²) in [5.74, 6) is 0.0276. The van der Waals surface area contributed by atoms with Gasteiger partial charge in [0, 0.05) is 24.5 Å². The number of nitrogens with two attached hydrogens (primary N) is 1. The number of primary amides is 1. The second-order valence-electron chi connectivity index (χ2n) is 6.38. The predicted octanol–water partition coefficient (Wildman–Crippen LogP) is 3.01. The van der Waals surface area contributed by atoms with Gasteiger partial charge in [-0.25, -0.2) is 9.78 Å². The maximum Gasteiger partial charge on any atom is 0.319 e. The standard InChI is InChI=1S/C22H22N4O3/c23-20(27)13-18-8-4-5-9-19(18)26-22(28)25-14-17-10-11-24-21(12-17)29-15-16-6-2-1-3-7-16/h1-12H,13-15H2,(H2,23,27)(H2,25,26,28). The van der Waals surface area contributed by atoms with Gasteiger partial charge in [-0.1, -0.05) is 48.5 Å². The third-order valence-corrected chi connectivity index (χ3v) is 4.11. The number of amides is 3. The van der Waals surface area contributed by atoms with Gasteiger partial charge in [0.2, 0.25) is 11.8 Å². The third-order valence-electron chi connectivity index (χ3n) is 4.11. The van der Waals surface area contributed by atoms with Crippen molar-refractivity contribution in [1.82, 2.24) is 10.3 Å². The molecule has 0 spiro atoms. The van der Waals surface area contributed by atoms with Crippen LogP contribution < -0.4 is 21.1 Å². The number of ether oxygens (including phenoxy) is 1. The number of benzene rings is 2. The van der Waals surface area contributed by atoms with Crippen molar-refractivity contribution in [2.24, 2.45) is 5.73 Å². The molecule has 0 saturated carbocycles. The molecule has 1 aromatic heterocycles. The quantitative estimate of drug-likeness (QED) is 0.550. The van der Waals surface area contributed by atoms with Crippen LogP contribution in [-0.2, 0) is 24.4 Å². The summed E-state index contributed by atoms with van der Waals surface area (Å²) >= 11 is 0. The van der Waals surface area contributed by atoms with Crippen LogP contribution in [0.25, 0.3) is 0 Å². The van der Waals surface area contributed by atoms with E-state index in [1.807, 2.05) is 30.3 Å². The molecule has 0 fully saturated rings. The van der Waals surface area contributed by atoms with Crippen molar-refractivity contribution in [1.29, 1.82) is 0 Å². The average Bonchev–Trinajstić information content (AvgIpc) is 2.73. The number of hydrogen-bond donors (Lipinski definition) is 3. The SMILES string of the molecule is NC(=O)Cc1ccccc1NC(=O)NCc1ccnc(OCc2ccccc2)c1. The van der Waals surface area contributed by atoms with Gasteiger partial charge in [-0.3, -0.25) is 4.79 Å². The summed E-state index contributed by atoms with van der Waals surface area (Å²) in [4.78, 5) is 27.6. The van der Waals surface area contributed by atoms with E-state index in [1.54, 1.807) is 42.6 Å². The van der Waals surface area contributed by atoms with Crippen molar-refractivity contribution >= 4 is 17.6 Å². The molecular weight excluding hydrogens is 368 g/mol. The highest BCUT2D eigenvalue weighted by atomic mass is 16.5. The van der Waals surface area contributed by atoms with E-state index in [0.29, 0.717) is 30.3 Å². The Hall–Kier alpha value is -3.87. The predicted molar refractivity (Wildman–Crippen MR) is 110 cm³/mol. The van der Waals surface area contributed by atoms with Crippen LogP contribution in [0.4, 0.5) is 10.5 Å². The van der Waals surface area contributed by atoms with Crippen LogP contribution >= 0.6 is 0 Å². The van der Waals surface area contributed by atoms with E-state index in [9.17, 15) is 9.59 Å². The van der Waals surface area contributed by atoms with E-state index >= 15 is 0 Å². The molecule has 0 aliphatic heterocycles. The van der Waals surface area contributed by atoms with Gasteiger partial charge in [0.1, 0.15) is 6.61 Å². The summed E-state index contributed by atoms with van der Waals surface area (Å²) in [6.45, 7) is 0.718. The zero-order valence-electron chi connectivity index (χ0n) is 15.8. The molecule has 0 atom stereocenters. The first-order valence-corrected chi connectivity index (χ1v) is 9.13. The van der Waals surface area contributed by atoms with Gasteiger partial charge in [-0.15, -0.1) is 0 Å². The number of aromatic nitrogens is 1. The number of nitrogens with one attached hydrogen (secondary N) is 2. The molecule has 0 aliphatic carbocycles. The summed E-state index contributed by atoms with van der Waals surface area (Å²) < 4.78 is 5.70. The lowest BCUT2D eigenvalue weighted by Gasteiger charge is -2.12. The smallest absolute Gasteiger partial charge is 0.319 e. The summed E-state index contributed by atoms with van der Waals surface area (Å²) in [5, 5.41) is 5.52. The lowest BCUT2D eigenvalue weighted by molar-refractivity contribution is -0.117. The summed E-state index contributed by atoms with van der Waals surface area (Å²) in [5.41, 5.74) is 8.36. The lowest BCUT2D eigenvalue weighted by Crippen LogP contribution is -2.29. The first-order chi connectivity index (χ1) is 14.1. The molecule has 2 aromatic carbocycles. The number of hydrogen-bond acceptors (Lipinski definition) is 4. The Labute approximate surface area is 168 Å². The average molecular weight is 390 g/mol. The highest BCUT2D eigenvalue weighted by molar-refractivity contribution is 5.91. The van der Waals surface area contributed by atoms with E-state index in [0.717, 1.165) is 11.1 Å². The van der Waals surface area contributed by atoms with Gasteiger partial charge >= 0.3 is 6.03 Å². The normalized spacial score (nSPS) is 10.2. The molecule has 7 nitrogen and oxygen atoms in total. The number of para-hydroxylation sites is 1. The van der Waals surface area contributed by atoms with Crippen LogP contribution in [0.2, 0.25) is 0 Å². The molecule has 3 aromatic rings. The Morgan fingerprint density at radius 3 is 2.52 bits per heavy atom. The highest BCUT2D eigenvalue weighted by Crippen LogP contribution is 2.16. The van der Waals surface area contributed by atoms with Crippen molar-refractivity contribution in [3.63, 3.8) is 0 Å². The number of pyridine rings is 1. The van der Waals surface area contributed by atoms with Crippen LogP contribution in [0.3, 0.4) is 0 Å². The zero-order chi connectivity index (χ0) is 20.5. The van der Waals surface area contributed by atoms with Crippen molar-refractivity contribution in [2.75, 3.05) is 5.32 Å². The lowest BCUT2D eigenvalue weighted by atomic mass is 10.1. The molecule has 148 valence electrons. The van der Waals surface area contributed by atoms with Gasteiger partial charge < -0.3 is 21.1 Å². The van der Waals surface area contributed by atoms with Crippen LogP contribution in [0.15, 0.2) is 72.9 Å². The molecule has 0 bridgehead atoms. The van der Waals surface area contributed by atoms with Gasteiger partial charge in [0.25, 0.3) is 0 Å². The molecule has 3 amide bonds. The van der Waals surface area contributed by atoms with Crippen LogP contribution in [0.5, 0.6) is 5.88 Å². The molecule has 29 heavy (non-hydrogen) atoms. The third kappa shape index (κ3) is 6.35. The van der Waals surface area contributed by atoms with Gasteiger partial charge in [0.15, 0.2) is 0 Å². The number of carbonyl (C=O) groups excluding carboxylic acids is 2. The fourth-order valence-electron chi connectivity index (χ4n) is 2.70. The largest absolute Gasteiger partial charge is 0.473 e. The molecule has 0 saturated heterocycles. The summed E-state index contributed by atoms with van der Waals surface area (Å²) in [6, 6.07) is 20.0. The van der Waals surface area contributed by atoms with Crippen molar-refractivity contribution in [2.45, 2.75) is 19.6 Å². The molecule has 4 N–H and O–H groups in total. The molecular formula is C22H22N4O3. The minimum absolute atomic E-state index is 0.0585. The Morgan fingerprint density at radius 2 is 1.72 bits per heavy atom. The Balaban J connectivity index is 1.53. The van der Waals surface area contributed by atoms with E-state index < -0.39 is 5.91 Å². The van der Waals surface area contributed by atoms with E-state index in [1.165, 1.54) is 0 Å². The second kappa shape index (κ2) is 9.89. The molecule has 0 unspecified atom stereocenters. The Morgan fingerprint density at radius 1 is 0.966 bits per heavy atom. The number of nitrogens with zero attached hydrogens (tertiary/aromatic N) is 1. The first kappa shape index (κ1) is 19.9. The number of rotatable bonds is 8. The van der Waals surface area contributed by atoms with Crippen molar-refractivity contribution < 1.29 is 14.3 Å². The van der Waals surface area contributed by atoms with Crippen LogP contribution in [0.1, 0.15) is 16.7 Å². The zero-order valence-corrected chi connectivity index (χ0v) is 15.8. The van der Waals surface area contributed by atoms with Gasteiger partial charge in [-0.05, 0) is 28.8 Å². The first-order valence-electron chi connectivity index (χ1n) is 9.13.